The van der Waals surface area contributed by atoms with Crippen molar-refractivity contribution in [1.82, 2.24) is 0 Å². The third kappa shape index (κ3) is 1.25. The minimum absolute atomic E-state index is 0.587. The summed E-state index contributed by atoms with van der Waals surface area (Å²) in [7, 11) is 0. The molecule has 0 radical (unpaired) electrons. The monoisotopic (exact) mass is 112 g/mol. The van der Waals surface area contributed by atoms with Crippen molar-refractivity contribution in [2.45, 2.75) is 26.2 Å². The topological polar surface area (TPSA) is 20.2 Å². The van der Waals surface area contributed by atoms with E-state index in [1.165, 1.54) is 6.42 Å². The Balaban J connectivity index is 2.50. The van der Waals surface area contributed by atoms with E-state index in [2.05, 4.69) is 6.92 Å². The van der Waals surface area contributed by atoms with Gasteiger partial charge in [0.2, 0.25) is 0 Å². The minimum Gasteiger partial charge on any atom is -0.513 e. The van der Waals surface area contributed by atoms with Crippen LogP contribution in [-0.4, -0.2) is 5.11 Å². The van der Waals surface area contributed by atoms with Gasteiger partial charge < -0.3 is 5.11 Å². The number of aliphatic hydroxyl groups excluding tert-OH is 1. The van der Waals surface area contributed by atoms with Crippen molar-refractivity contribution in [3.63, 3.8) is 0 Å². The van der Waals surface area contributed by atoms with Crippen LogP contribution >= 0.6 is 0 Å². The predicted molar refractivity (Wildman–Crippen MR) is 33.7 cm³/mol. The van der Waals surface area contributed by atoms with Gasteiger partial charge in [-0.05, 0) is 24.8 Å². The first kappa shape index (κ1) is 5.67. The van der Waals surface area contributed by atoms with Crippen LogP contribution in [0.5, 0.6) is 0 Å². The lowest BCUT2D eigenvalue weighted by molar-refractivity contribution is 0.352. The SMILES string of the molecule is C[C@@H]1C=C(O)CCC1. The molecule has 1 aliphatic carbocycles. The molecule has 0 heterocycles. The van der Waals surface area contributed by atoms with Crippen molar-refractivity contribution in [1.29, 1.82) is 0 Å². The summed E-state index contributed by atoms with van der Waals surface area (Å²) < 4.78 is 0. The summed E-state index contributed by atoms with van der Waals surface area (Å²) >= 11 is 0. The molecular weight excluding hydrogens is 100 g/mol. The molecule has 0 saturated heterocycles. The summed E-state index contributed by atoms with van der Waals surface area (Å²) in [5.41, 5.74) is 0. The minimum atomic E-state index is 0.587. The maximum atomic E-state index is 8.94. The van der Waals surface area contributed by atoms with Crippen LogP contribution < -0.4 is 0 Å². The summed E-state index contributed by atoms with van der Waals surface area (Å²) in [6.45, 7) is 2.13. The van der Waals surface area contributed by atoms with Gasteiger partial charge in [0, 0.05) is 6.42 Å². The first-order valence-corrected chi connectivity index (χ1v) is 3.18. The van der Waals surface area contributed by atoms with Gasteiger partial charge >= 0.3 is 0 Å². The highest BCUT2D eigenvalue weighted by molar-refractivity contribution is 4.97. The summed E-state index contributed by atoms with van der Waals surface area (Å²) in [4.78, 5) is 0. The molecule has 0 aromatic rings. The van der Waals surface area contributed by atoms with Gasteiger partial charge in [-0.2, -0.15) is 0 Å². The van der Waals surface area contributed by atoms with Crippen molar-refractivity contribution in [2.24, 2.45) is 5.92 Å². The number of hydrogen-bond donors (Lipinski definition) is 1. The van der Waals surface area contributed by atoms with Crippen molar-refractivity contribution in [3.8, 4) is 0 Å². The fourth-order valence-corrected chi connectivity index (χ4v) is 1.10. The third-order valence-electron chi connectivity index (χ3n) is 1.57. The Morgan fingerprint density at radius 3 is 2.88 bits per heavy atom. The van der Waals surface area contributed by atoms with E-state index < -0.39 is 0 Å². The van der Waals surface area contributed by atoms with Gasteiger partial charge in [-0.1, -0.05) is 6.92 Å². The van der Waals surface area contributed by atoms with E-state index in [1.54, 1.807) is 0 Å². The molecule has 1 aliphatic rings. The fourth-order valence-electron chi connectivity index (χ4n) is 1.10. The second kappa shape index (κ2) is 2.21. The Kier molecular flexibility index (Phi) is 1.56. The van der Waals surface area contributed by atoms with Gasteiger partial charge in [-0.15, -0.1) is 0 Å². The van der Waals surface area contributed by atoms with E-state index in [0.29, 0.717) is 11.7 Å². The van der Waals surface area contributed by atoms with Gasteiger partial charge in [-0.3, -0.25) is 0 Å². The first-order valence-electron chi connectivity index (χ1n) is 3.18. The quantitative estimate of drug-likeness (QED) is 0.509. The molecule has 1 atom stereocenters. The Labute approximate surface area is 50.0 Å². The van der Waals surface area contributed by atoms with Crippen LogP contribution in [0.15, 0.2) is 11.8 Å². The van der Waals surface area contributed by atoms with Gasteiger partial charge in [0.1, 0.15) is 0 Å². The number of rotatable bonds is 0. The molecule has 0 aliphatic heterocycles. The summed E-state index contributed by atoms with van der Waals surface area (Å²) in [6.07, 6.45) is 5.24. The van der Waals surface area contributed by atoms with Gasteiger partial charge in [-0.25, -0.2) is 0 Å². The molecule has 1 rings (SSSR count). The Hall–Kier alpha value is -0.460. The standard InChI is InChI=1S/C7H12O/c1-6-3-2-4-7(8)5-6/h5-6,8H,2-4H2,1H3/t6-/m0/s1. The van der Waals surface area contributed by atoms with Crippen LogP contribution in [0.25, 0.3) is 0 Å². The lowest BCUT2D eigenvalue weighted by Crippen LogP contribution is -1.99. The van der Waals surface area contributed by atoms with Crippen LogP contribution in [-0.2, 0) is 0 Å². The average molecular weight is 112 g/mol. The summed E-state index contributed by atoms with van der Waals surface area (Å²) in [5.74, 6) is 1.19. The largest absolute Gasteiger partial charge is 0.513 e. The molecule has 0 saturated carbocycles. The second-order valence-electron chi connectivity index (χ2n) is 2.53. The molecule has 0 fully saturated rings. The van der Waals surface area contributed by atoms with Crippen molar-refractivity contribution >= 4 is 0 Å². The third-order valence-corrected chi connectivity index (χ3v) is 1.57. The van der Waals surface area contributed by atoms with Crippen LogP contribution in [0, 0.1) is 5.92 Å². The summed E-state index contributed by atoms with van der Waals surface area (Å²) in [5, 5.41) is 8.94. The zero-order valence-corrected chi connectivity index (χ0v) is 5.22. The van der Waals surface area contributed by atoms with E-state index in [-0.39, 0.29) is 0 Å². The molecule has 1 nitrogen and oxygen atoms in total. The number of aliphatic hydroxyl groups is 1. The average Bonchev–Trinajstić information content (AvgIpc) is 1.64. The second-order valence-corrected chi connectivity index (χ2v) is 2.53. The predicted octanol–water partition coefficient (Wildman–Crippen LogP) is 2.25. The normalized spacial score (nSPS) is 29.6. The van der Waals surface area contributed by atoms with E-state index in [4.69, 9.17) is 5.11 Å². The molecule has 46 valence electrons. The van der Waals surface area contributed by atoms with E-state index in [9.17, 15) is 0 Å². The highest BCUT2D eigenvalue weighted by atomic mass is 16.3. The van der Waals surface area contributed by atoms with Crippen molar-refractivity contribution in [2.75, 3.05) is 0 Å². The van der Waals surface area contributed by atoms with Gasteiger partial charge in [0.25, 0.3) is 0 Å². The Morgan fingerprint density at radius 1 is 1.75 bits per heavy atom. The number of hydrogen-bond acceptors (Lipinski definition) is 1. The lowest BCUT2D eigenvalue weighted by Gasteiger charge is -2.12. The van der Waals surface area contributed by atoms with Crippen LogP contribution in [0.2, 0.25) is 0 Å². The Bertz CT molecular complexity index is 105. The molecule has 0 unspecified atom stereocenters. The lowest BCUT2D eigenvalue weighted by atomic mass is 9.97. The van der Waals surface area contributed by atoms with Crippen LogP contribution in [0.1, 0.15) is 26.2 Å². The molecule has 0 spiro atoms. The molecule has 1 heteroatoms. The molecule has 0 aromatic heterocycles. The Morgan fingerprint density at radius 2 is 2.50 bits per heavy atom. The molecule has 0 amide bonds. The van der Waals surface area contributed by atoms with Gasteiger partial charge in [0.15, 0.2) is 0 Å². The van der Waals surface area contributed by atoms with Crippen LogP contribution in [0.4, 0.5) is 0 Å². The maximum Gasteiger partial charge on any atom is 0.0885 e. The van der Waals surface area contributed by atoms with Gasteiger partial charge in [0.05, 0.1) is 5.76 Å². The maximum absolute atomic E-state index is 8.94. The highest BCUT2D eigenvalue weighted by Gasteiger charge is 2.06. The molecule has 0 aromatic carbocycles. The zero-order chi connectivity index (χ0) is 5.98. The number of allylic oxidation sites excluding steroid dienone is 2. The molecule has 8 heavy (non-hydrogen) atoms. The van der Waals surface area contributed by atoms with Crippen LogP contribution in [0.3, 0.4) is 0 Å². The summed E-state index contributed by atoms with van der Waals surface area (Å²) in [6, 6.07) is 0. The molecule has 1 N–H and O–H groups in total. The van der Waals surface area contributed by atoms with Crippen molar-refractivity contribution in [3.05, 3.63) is 11.8 Å². The smallest absolute Gasteiger partial charge is 0.0885 e. The zero-order valence-electron chi connectivity index (χ0n) is 5.22. The van der Waals surface area contributed by atoms with E-state index in [0.717, 1.165) is 12.8 Å². The van der Waals surface area contributed by atoms with E-state index in [1.807, 2.05) is 6.08 Å². The molecular formula is C7H12O. The van der Waals surface area contributed by atoms with Crippen molar-refractivity contribution < 1.29 is 5.11 Å². The molecule has 0 bridgehead atoms. The first-order chi connectivity index (χ1) is 3.79. The highest BCUT2D eigenvalue weighted by Crippen LogP contribution is 2.19. The fraction of sp³-hybridized carbons (Fsp3) is 0.714. The van der Waals surface area contributed by atoms with E-state index >= 15 is 0 Å².